The van der Waals surface area contributed by atoms with Crippen molar-refractivity contribution in [1.82, 2.24) is 9.55 Å². The topological polar surface area (TPSA) is 17.8 Å². The lowest BCUT2D eigenvalue weighted by Gasteiger charge is -2.27. The fourth-order valence-electron chi connectivity index (χ4n) is 2.42. The molecule has 0 spiro atoms. The normalized spacial score (nSPS) is 22.0. The number of imidazole rings is 1. The van der Waals surface area contributed by atoms with Crippen molar-refractivity contribution in [2.24, 2.45) is 5.92 Å². The van der Waals surface area contributed by atoms with Crippen LogP contribution in [0, 0.1) is 12.8 Å². The third-order valence-corrected chi connectivity index (χ3v) is 3.14. The Morgan fingerprint density at radius 3 is 3.00 bits per heavy atom. The molecule has 2 heterocycles. The van der Waals surface area contributed by atoms with Crippen molar-refractivity contribution in [2.75, 3.05) is 0 Å². The average Bonchev–Trinajstić information content (AvgIpc) is 2.48. The van der Waals surface area contributed by atoms with Crippen molar-refractivity contribution in [3.05, 3.63) is 17.7 Å². The van der Waals surface area contributed by atoms with Crippen LogP contribution in [0.25, 0.3) is 0 Å². The zero-order chi connectivity index (χ0) is 9.42. The Kier molecular flexibility index (Phi) is 2.14. The van der Waals surface area contributed by atoms with Gasteiger partial charge in [-0.1, -0.05) is 13.8 Å². The summed E-state index contributed by atoms with van der Waals surface area (Å²) in [5.74, 6) is 1.48. The maximum atomic E-state index is 4.39. The standard InChI is InChI=1S/C11H18N2/c1-8(2)10-5-4-6-13-7-12-9(3)11(10)13/h7-8,10H,4-6H2,1-3H3/t10-/m0/s1. The first-order chi connectivity index (χ1) is 6.20. The van der Waals surface area contributed by atoms with Crippen LogP contribution in [-0.4, -0.2) is 9.55 Å². The number of hydrogen-bond donors (Lipinski definition) is 0. The van der Waals surface area contributed by atoms with Gasteiger partial charge in [0.2, 0.25) is 0 Å². The molecule has 1 aliphatic rings. The van der Waals surface area contributed by atoms with Crippen LogP contribution in [0.4, 0.5) is 0 Å². The van der Waals surface area contributed by atoms with E-state index in [2.05, 4.69) is 30.3 Å². The number of hydrogen-bond acceptors (Lipinski definition) is 1. The van der Waals surface area contributed by atoms with Crippen LogP contribution in [0.5, 0.6) is 0 Å². The smallest absolute Gasteiger partial charge is 0.0951 e. The molecule has 0 radical (unpaired) electrons. The van der Waals surface area contributed by atoms with Gasteiger partial charge in [0.25, 0.3) is 0 Å². The van der Waals surface area contributed by atoms with Gasteiger partial charge in [-0.05, 0) is 25.7 Å². The van der Waals surface area contributed by atoms with E-state index in [-0.39, 0.29) is 0 Å². The summed E-state index contributed by atoms with van der Waals surface area (Å²) < 4.78 is 2.34. The zero-order valence-electron chi connectivity index (χ0n) is 8.75. The molecule has 2 nitrogen and oxygen atoms in total. The lowest BCUT2D eigenvalue weighted by atomic mass is 9.85. The lowest BCUT2D eigenvalue weighted by molar-refractivity contribution is 0.375. The summed E-state index contributed by atoms with van der Waals surface area (Å²) in [6.45, 7) is 7.92. The third kappa shape index (κ3) is 1.38. The molecule has 1 atom stereocenters. The number of fused-ring (bicyclic) bond motifs is 1. The van der Waals surface area contributed by atoms with Crippen LogP contribution in [0.1, 0.15) is 44.0 Å². The van der Waals surface area contributed by atoms with Gasteiger partial charge in [0.05, 0.1) is 12.0 Å². The maximum absolute atomic E-state index is 4.39. The molecule has 1 aromatic rings. The van der Waals surface area contributed by atoms with Crippen molar-refractivity contribution < 1.29 is 0 Å². The molecule has 0 fully saturated rings. The SMILES string of the molecule is Cc1ncn2c1[C@H](C(C)C)CCC2. The van der Waals surface area contributed by atoms with Gasteiger partial charge >= 0.3 is 0 Å². The van der Waals surface area contributed by atoms with Gasteiger partial charge in [-0.2, -0.15) is 0 Å². The first-order valence-electron chi connectivity index (χ1n) is 5.21. The Morgan fingerprint density at radius 1 is 1.54 bits per heavy atom. The van der Waals surface area contributed by atoms with Crippen LogP contribution < -0.4 is 0 Å². The van der Waals surface area contributed by atoms with Gasteiger partial charge in [-0.25, -0.2) is 4.98 Å². The molecule has 2 rings (SSSR count). The molecule has 0 aromatic carbocycles. The van der Waals surface area contributed by atoms with E-state index in [1.807, 2.05) is 6.33 Å². The van der Waals surface area contributed by atoms with Gasteiger partial charge in [-0.3, -0.25) is 0 Å². The fourth-order valence-corrected chi connectivity index (χ4v) is 2.42. The van der Waals surface area contributed by atoms with E-state index in [0.29, 0.717) is 0 Å². The van der Waals surface area contributed by atoms with Crippen molar-refractivity contribution in [2.45, 2.75) is 46.1 Å². The minimum atomic E-state index is 0.733. The number of aromatic nitrogens is 2. The number of aryl methyl sites for hydroxylation is 2. The molecule has 2 heteroatoms. The Balaban J connectivity index is 2.40. The van der Waals surface area contributed by atoms with E-state index in [1.54, 1.807) is 0 Å². The summed E-state index contributed by atoms with van der Waals surface area (Å²) in [6, 6.07) is 0. The van der Waals surface area contributed by atoms with Crippen molar-refractivity contribution in [1.29, 1.82) is 0 Å². The van der Waals surface area contributed by atoms with Gasteiger partial charge in [-0.15, -0.1) is 0 Å². The molecule has 1 aliphatic heterocycles. The number of rotatable bonds is 1. The Hall–Kier alpha value is -0.790. The molecule has 0 saturated carbocycles. The molecular weight excluding hydrogens is 160 g/mol. The second kappa shape index (κ2) is 3.17. The second-order valence-electron chi connectivity index (χ2n) is 4.40. The molecule has 0 unspecified atom stereocenters. The lowest BCUT2D eigenvalue weighted by Crippen LogP contribution is -2.19. The maximum Gasteiger partial charge on any atom is 0.0951 e. The molecule has 0 saturated heterocycles. The summed E-state index contributed by atoms with van der Waals surface area (Å²) in [5.41, 5.74) is 2.72. The van der Waals surface area contributed by atoms with Gasteiger partial charge in [0.15, 0.2) is 0 Å². The first kappa shape index (κ1) is 8.79. The van der Waals surface area contributed by atoms with E-state index in [1.165, 1.54) is 30.8 Å². The highest BCUT2D eigenvalue weighted by molar-refractivity contribution is 5.19. The summed E-state index contributed by atoms with van der Waals surface area (Å²) in [6.07, 6.45) is 4.65. The van der Waals surface area contributed by atoms with Crippen molar-refractivity contribution in [3.8, 4) is 0 Å². The van der Waals surface area contributed by atoms with E-state index in [4.69, 9.17) is 0 Å². The van der Waals surface area contributed by atoms with Gasteiger partial charge in [0, 0.05) is 18.2 Å². The minimum Gasteiger partial charge on any atom is -0.334 e. The zero-order valence-corrected chi connectivity index (χ0v) is 8.75. The highest BCUT2D eigenvalue weighted by Crippen LogP contribution is 2.34. The summed E-state index contributed by atoms with van der Waals surface area (Å²) in [5, 5.41) is 0. The fraction of sp³-hybridized carbons (Fsp3) is 0.727. The summed E-state index contributed by atoms with van der Waals surface area (Å²) in [4.78, 5) is 4.39. The monoisotopic (exact) mass is 178 g/mol. The van der Waals surface area contributed by atoms with Crippen LogP contribution in [-0.2, 0) is 6.54 Å². The minimum absolute atomic E-state index is 0.733. The number of nitrogens with zero attached hydrogens (tertiary/aromatic N) is 2. The second-order valence-corrected chi connectivity index (χ2v) is 4.40. The van der Waals surface area contributed by atoms with Crippen LogP contribution in [0.3, 0.4) is 0 Å². The molecular formula is C11H18N2. The summed E-state index contributed by atoms with van der Waals surface area (Å²) >= 11 is 0. The molecule has 0 amide bonds. The molecule has 0 N–H and O–H groups in total. The highest BCUT2D eigenvalue weighted by Gasteiger charge is 2.25. The van der Waals surface area contributed by atoms with Gasteiger partial charge in [0.1, 0.15) is 0 Å². The molecule has 0 bridgehead atoms. The predicted octanol–water partition coefficient (Wildman–Crippen LogP) is 2.72. The molecule has 0 aliphatic carbocycles. The van der Waals surface area contributed by atoms with Crippen molar-refractivity contribution >= 4 is 0 Å². The van der Waals surface area contributed by atoms with Crippen molar-refractivity contribution in [3.63, 3.8) is 0 Å². The molecule has 13 heavy (non-hydrogen) atoms. The van der Waals surface area contributed by atoms with Gasteiger partial charge < -0.3 is 4.57 Å². The Bertz CT molecular complexity index is 299. The quantitative estimate of drug-likeness (QED) is 0.646. The summed E-state index contributed by atoms with van der Waals surface area (Å²) in [7, 11) is 0. The Morgan fingerprint density at radius 2 is 2.31 bits per heavy atom. The average molecular weight is 178 g/mol. The predicted molar refractivity (Wildman–Crippen MR) is 53.8 cm³/mol. The molecule has 72 valence electrons. The largest absolute Gasteiger partial charge is 0.334 e. The molecule has 1 aromatic heterocycles. The third-order valence-electron chi connectivity index (χ3n) is 3.14. The van der Waals surface area contributed by atoms with E-state index in [9.17, 15) is 0 Å². The van der Waals surface area contributed by atoms with E-state index < -0.39 is 0 Å². The van der Waals surface area contributed by atoms with Crippen LogP contribution in [0.15, 0.2) is 6.33 Å². The first-order valence-corrected chi connectivity index (χ1v) is 5.21. The Labute approximate surface area is 80.0 Å². The highest BCUT2D eigenvalue weighted by atomic mass is 15.1. The van der Waals surface area contributed by atoms with E-state index >= 15 is 0 Å². The van der Waals surface area contributed by atoms with Crippen LogP contribution in [0.2, 0.25) is 0 Å². The van der Waals surface area contributed by atoms with E-state index in [0.717, 1.165) is 11.8 Å². The van der Waals surface area contributed by atoms with Crippen LogP contribution >= 0.6 is 0 Å².